The van der Waals surface area contributed by atoms with Crippen molar-refractivity contribution in [2.75, 3.05) is 38.6 Å². The van der Waals surface area contributed by atoms with E-state index >= 15 is 0 Å². The summed E-state index contributed by atoms with van der Waals surface area (Å²) in [6, 6.07) is 26.0. The summed E-state index contributed by atoms with van der Waals surface area (Å²) < 4.78 is 5.23. The second kappa shape index (κ2) is 9.86. The Morgan fingerprint density at radius 3 is 2.26 bits per heavy atom. The zero-order valence-corrected chi connectivity index (χ0v) is 18.3. The van der Waals surface area contributed by atoms with Crippen LogP contribution in [0.25, 0.3) is 0 Å². The predicted molar refractivity (Wildman–Crippen MR) is 125 cm³/mol. The number of ether oxygens (including phenoxy) is 1. The van der Waals surface area contributed by atoms with E-state index in [9.17, 15) is 4.79 Å². The molecule has 0 aliphatic carbocycles. The number of hydrogen-bond donors (Lipinski definition) is 1. The SMILES string of the molecule is COc1cccc(NC(=O)N2CCN([C@H](c3ccccc3)c3ccc(Cl)cc3)CC2)c1. The molecule has 3 aromatic carbocycles. The van der Waals surface area contributed by atoms with Crippen LogP contribution in [0, 0.1) is 0 Å². The number of rotatable bonds is 5. The molecule has 6 heteroatoms. The van der Waals surface area contributed by atoms with Gasteiger partial charge in [-0.15, -0.1) is 0 Å². The molecule has 0 radical (unpaired) electrons. The van der Waals surface area contributed by atoms with Gasteiger partial charge in [0, 0.05) is 43.0 Å². The first-order valence-corrected chi connectivity index (χ1v) is 10.8. The van der Waals surface area contributed by atoms with Crippen LogP contribution < -0.4 is 10.1 Å². The first-order chi connectivity index (χ1) is 15.1. The van der Waals surface area contributed by atoms with Gasteiger partial charge in [0.05, 0.1) is 13.2 Å². The Labute approximate surface area is 188 Å². The van der Waals surface area contributed by atoms with Crippen LogP contribution in [0.4, 0.5) is 10.5 Å². The van der Waals surface area contributed by atoms with Crippen LogP contribution in [0.2, 0.25) is 5.02 Å². The molecule has 0 unspecified atom stereocenters. The first-order valence-electron chi connectivity index (χ1n) is 10.4. The van der Waals surface area contributed by atoms with Gasteiger partial charge in [-0.25, -0.2) is 4.79 Å². The Hall–Kier alpha value is -3.02. The van der Waals surface area contributed by atoms with E-state index in [2.05, 4.69) is 46.6 Å². The van der Waals surface area contributed by atoms with Crippen LogP contribution in [-0.4, -0.2) is 49.1 Å². The highest BCUT2D eigenvalue weighted by atomic mass is 35.5. The van der Waals surface area contributed by atoms with E-state index in [1.54, 1.807) is 7.11 Å². The molecule has 0 aromatic heterocycles. The molecule has 5 nitrogen and oxygen atoms in total. The lowest BCUT2D eigenvalue weighted by Crippen LogP contribution is -2.51. The summed E-state index contributed by atoms with van der Waals surface area (Å²) in [4.78, 5) is 17.0. The number of anilines is 1. The second-order valence-electron chi connectivity index (χ2n) is 7.55. The molecule has 1 saturated heterocycles. The number of amides is 2. The van der Waals surface area contributed by atoms with Gasteiger partial charge in [-0.1, -0.05) is 60.1 Å². The molecule has 1 N–H and O–H groups in total. The first kappa shape index (κ1) is 21.2. The Balaban J connectivity index is 1.45. The minimum atomic E-state index is -0.0874. The van der Waals surface area contributed by atoms with Crippen molar-refractivity contribution in [3.05, 3.63) is 95.0 Å². The average molecular weight is 436 g/mol. The molecule has 2 amide bonds. The molecule has 3 aromatic rings. The topological polar surface area (TPSA) is 44.8 Å². The maximum atomic E-state index is 12.8. The van der Waals surface area contributed by atoms with Gasteiger partial charge in [-0.3, -0.25) is 4.90 Å². The summed E-state index contributed by atoms with van der Waals surface area (Å²) in [7, 11) is 1.62. The smallest absolute Gasteiger partial charge is 0.321 e. The van der Waals surface area contributed by atoms with Crippen molar-refractivity contribution in [1.82, 2.24) is 9.80 Å². The minimum absolute atomic E-state index is 0.0874. The van der Waals surface area contributed by atoms with Crippen molar-refractivity contribution in [3.63, 3.8) is 0 Å². The molecule has 0 bridgehead atoms. The number of nitrogens with one attached hydrogen (secondary N) is 1. The van der Waals surface area contributed by atoms with E-state index in [-0.39, 0.29) is 12.1 Å². The number of benzene rings is 3. The molecule has 1 aliphatic heterocycles. The predicted octanol–water partition coefficient (Wildman–Crippen LogP) is 5.29. The maximum absolute atomic E-state index is 12.8. The van der Waals surface area contributed by atoms with Crippen LogP contribution in [0.3, 0.4) is 0 Å². The van der Waals surface area contributed by atoms with Gasteiger partial charge in [0.2, 0.25) is 0 Å². The summed E-state index contributed by atoms with van der Waals surface area (Å²) in [5.74, 6) is 0.719. The highest BCUT2D eigenvalue weighted by molar-refractivity contribution is 6.30. The van der Waals surface area contributed by atoms with Crippen LogP contribution >= 0.6 is 11.6 Å². The molecule has 0 saturated carbocycles. The van der Waals surface area contributed by atoms with Crippen LogP contribution in [0.15, 0.2) is 78.9 Å². The number of halogens is 1. The highest BCUT2D eigenvalue weighted by Gasteiger charge is 2.28. The van der Waals surface area contributed by atoms with Crippen LogP contribution in [-0.2, 0) is 0 Å². The van der Waals surface area contributed by atoms with E-state index in [4.69, 9.17) is 16.3 Å². The maximum Gasteiger partial charge on any atom is 0.321 e. The number of urea groups is 1. The molecule has 31 heavy (non-hydrogen) atoms. The van der Waals surface area contributed by atoms with Crippen LogP contribution in [0.1, 0.15) is 17.2 Å². The van der Waals surface area contributed by atoms with Crippen molar-refractivity contribution in [3.8, 4) is 5.75 Å². The number of hydrogen-bond acceptors (Lipinski definition) is 3. The Morgan fingerprint density at radius 1 is 0.903 bits per heavy atom. The Morgan fingerprint density at radius 2 is 1.58 bits per heavy atom. The van der Waals surface area contributed by atoms with Crippen molar-refractivity contribution in [2.45, 2.75) is 6.04 Å². The largest absolute Gasteiger partial charge is 0.497 e. The molecular weight excluding hydrogens is 410 g/mol. The van der Waals surface area contributed by atoms with E-state index in [1.165, 1.54) is 11.1 Å². The van der Waals surface area contributed by atoms with Gasteiger partial charge < -0.3 is 15.0 Å². The second-order valence-corrected chi connectivity index (χ2v) is 7.99. The molecule has 1 fully saturated rings. The normalized spacial score (nSPS) is 15.4. The van der Waals surface area contributed by atoms with Gasteiger partial charge in [0.15, 0.2) is 0 Å². The highest BCUT2D eigenvalue weighted by Crippen LogP contribution is 2.30. The molecule has 1 atom stereocenters. The standard InChI is InChI=1S/C25H26ClN3O2/c1-31-23-9-5-8-22(18-23)27-25(30)29-16-14-28(15-17-29)24(19-6-3-2-4-7-19)20-10-12-21(26)13-11-20/h2-13,18,24H,14-17H2,1H3,(H,27,30)/t24-/m1/s1. The van der Waals surface area contributed by atoms with Gasteiger partial charge in [-0.2, -0.15) is 0 Å². The fourth-order valence-electron chi connectivity index (χ4n) is 3.98. The third-order valence-corrected chi connectivity index (χ3v) is 5.84. The van der Waals surface area contributed by atoms with E-state index < -0.39 is 0 Å². The van der Waals surface area contributed by atoms with E-state index in [1.807, 2.05) is 47.4 Å². The number of carbonyl (C=O) groups is 1. The summed E-state index contributed by atoms with van der Waals surface area (Å²) >= 11 is 6.12. The third-order valence-electron chi connectivity index (χ3n) is 5.59. The zero-order chi connectivity index (χ0) is 21.6. The number of nitrogens with zero attached hydrogens (tertiary/aromatic N) is 2. The van der Waals surface area contributed by atoms with Crippen molar-refractivity contribution in [1.29, 1.82) is 0 Å². The number of methoxy groups -OCH3 is 1. The van der Waals surface area contributed by atoms with Gasteiger partial charge in [0.25, 0.3) is 0 Å². The van der Waals surface area contributed by atoms with Gasteiger partial charge in [-0.05, 0) is 35.4 Å². The van der Waals surface area contributed by atoms with E-state index in [0.717, 1.165) is 29.5 Å². The average Bonchev–Trinajstić information content (AvgIpc) is 2.82. The van der Waals surface area contributed by atoms with Gasteiger partial charge in [0.1, 0.15) is 5.75 Å². The van der Waals surface area contributed by atoms with Crippen molar-refractivity contribution in [2.24, 2.45) is 0 Å². The van der Waals surface area contributed by atoms with Gasteiger partial charge >= 0.3 is 6.03 Å². The van der Waals surface area contributed by atoms with E-state index in [0.29, 0.717) is 13.1 Å². The molecule has 0 spiro atoms. The zero-order valence-electron chi connectivity index (χ0n) is 17.5. The molecule has 1 aliphatic rings. The minimum Gasteiger partial charge on any atom is -0.497 e. The molecular formula is C25H26ClN3O2. The van der Waals surface area contributed by atoms with Crippen LogP contribution in [0.5, 0.6) is 5.75 Å². The quantitative estimate of drug-likeness (QED) is 0.592. The fraction of sp³-hybridized carbons (Fsp3) is 0.240. The Kier molecular flexibility index (Phi) is 6.75. The molecule has 160 valence electrons. The lowest BCUT2D eigenvalue weighted by Gasteiger charge is -2.39. The van der Waals surface area contributed by atoms with Crippen molar-refractivity contribution < 1.29 is 9.53 Å². The summed E-state index contributed by atoms with van der Waals surface area (Å²) in [5.41, 5.74) is 3.17. The lowest BCUT2D eigenvalue weighted by molar-refractivity contribution is 0.126. The number of piperazine rings is 1. The monoisotopic (exact) mass is 435 g/mol. The third kappa shape index (κ3) is 5.19. The molecule has 1 heterocycles. The summed E-state index contributed by atoms with van der Waals surface area (Å²) in [6.07, 6.45) is 0. The lowest BCUT2D eigenvalue weighted by atomic mass is 9.96. The number of carbonyl (C=O) groups excluding carboxylic acids is 1. The molecule has 4 rings (SSSR count). The van der Waals surface area contributed by atoms with Crippen molar-refractivity contribution >= 4 is 23.3 Å². The Bertz CT molecular complexity index is 1000. The fourth-order valence-corrected chi connectivity index (χ4v) is 4.11. The summed E-state index contributed by atoms with van der Waals surface area (Å²) in [5, 5.41) is 3.70. The summed E-state index contributed by atoms with van der Waals surface area (Å²) in [6.45, 7) is 2.89.